The van der Waals surface area contributed by atoms with Crippen molar-refractivity contribution in [3.63, 3.8) is 0 Å². The summed E-state index contributed by atoms with van der Waals surface area (Å²) in [4.78, 5) is 0. The number of ether oxygens (including phenoxy) is 1. The fraction of sp³-hybridized carbons (Fsp3) is 0.333. The van der Waals surface area contributed by atoms with Gasteiger partial charge in [-0.15, -0.1) is 0 Å². The van der Waals surface area contributed by atoms with Crippen LogP contribution in [0.1, 0.15) is 16.7 Å². The van der Waals surface area contributed by atoms with Gasteiger partial charge in [0.2, 0.25) is 0 Å². The highest BCUT2D eigenvalue weighted by molar-refractivity contribution is 5.39. The Morgan fingerprint density at radius 3 is 2.61 bits per heavy atom. The van der Waals surface area contributed by atoms with Crippen molar-refractivity contribution in [3.05, 3.63) is 53.5 Å². The van der Waals surface area contributed by atoms with E-state index in [-0.39, 0.29) is 0 Å². The van der Waals surface area contributed by atoms with Crippen LogP contribution in [0.25, 0.3) is 0 Å². The molecule has 18 heavy (non-hydrogen) atoms. The van der Waals surface area contributed by atoms with Crippen LogP contribution in [0.15, 0.2) is 41.2 Å². The Balaban J connectivity index is 1.72. The third-order valence-corrected chi connectivity index (χ3v) is 2.84. The number of nitrogens with one attached hydrogen (secondary N) is 1. The zero-order valence-electron chi connectivity index (χ0n) is 10.9. The monoisotopic (exact) mass is 245 g/mol. The minimum Gasteiger partial charge on any atom is -0.492 e. The molecule has 0 aliphatic rings. The highest BCUT2D eigenvalue weighted by Crippen LogP contribution is 2.21. The standard InChI is InChI=1S/C15H19NO2/c1-12-4-3-5-13(2)15(12)18-9-7-16-10-14-6-8-17-11-14/h3-6,8,11,16H,7,9-10H2,1-2H3. The van der Waals surface area contributed by atoms with Crippen LogP contribution < -0.4 is 10.1 Å². The summed E-state index contributed by atoms with van der Waals surface area (Å²) in [6.07, 6.45) is 3.43. The molecule has 3 nitrogen and oxygen atoms in total. The van der Waals surface area contributed by atoms with Gasteiger partial charge in [0, 0.05) is 18.7 Å². The van der Waals surface area contributed by atoms with Gasteiger partial charge in [-0.25, -0.2) is 0 Å². The van der Waals surface area contributed by atoms with Crippen molar-refractivity contribution in [2.24, 2.45) is 0 Å². The van der Waals surface area contributed by atoms with Gasteiger partial charge in [-0.3, -0.25) is 0 Å². The van der Waals surface area contributed by atoms with Crippen molar-refractivity contribution in [1.29, 1.82) is 0 Å². The van der Waals surface area contributed by atoms with E-state index in [9.17, 15) is 0 Å². The molecule has 2 aromatic rings. The van der Waals surface area contributed by atoms with Crippen molar-refractivity contribution < 1.29 is 9.15 Å². The van der Waals surface area contributed by atoms with E-state index >= 15 is 0 Å². The van der Waals surface area contributed by atoms with Gasteiger partial charge >= 0.3 is 0 Å². The van der Waals surface area contributed by atoms with Gasteiger partial charge < -0.3 is 14.5 Å². The predicted octanol–water partition coefficient (Wildman–Crippen LogP) is 3.07. The van der Waals surface area contributed by atoms with Crippen LogP contribution in [0.3, 0.4) is 0 Å². The second-order valence-electron chi connectivity index (χ2n) is 4.38. The Hall–Kier alpha value is -1.74. The maximum absolute atomic E-state index is 5.80. The summed E-state index contributed by atoms with van der Waals surface area (Å²) in [6.45, 7) is 6.44. The Labute approximate surface area is 108 Å². The highest BCUT2D eigenvalue weighted by Gasteiger charge is 2.02. The van der Waals surface area contributed by atoms with E-state index in [0.717, 1.165) is 24.4 Å². The molecule has 0 amide bonds. The third kappa shape index (κ3) is 3.37. The highest BCUT2D eigenvalue weighted by atomic mass is 16.5. The molecule has 0 unspecified atom stereocenters. The zero-order valence-corrected chi connectivity index (χ0v) is 10.9. The van der Waals surface area contributed by atoms with Crippen molar-refractivity contribution in [2.75, 3.05) is 13.2 Å². The van der Waals surface area contributed by atoms with Crippen molar-refractivity contribution in [2.45, 2.75) is 20.4 Å². The first-order chi connectivity index (χ1) is 8.77. The summed E-state index contributed by atoms with van der Waals surface area (Å²) in [5, 5.41) is 3.31. The molecule has 3 heteroatoms. The molecule has 0 radical (unpaired) electrons. The first-order valence-electron chi connectivity index (χ1n) is 6.18. The van der Waals surface area contributed by atoms with Crippen LogP contribution >= 0.6 is 0 Å². The molecule has 0 saturated heterocycles. The number of para-hydroxylation sites is 1. The molecule has 0 spiro atoms. The number of benzene rings is 1. The summed E-state index contributed by atoms with van der Waals surface area (Å²) < 4.78 is 10.8. The second-order valence-corrected chi connectivity index (χ2v) is 4.38. The molecule has 0 saturated carbocycles. The molecule has 1 heterocycles. The van der Waals surface area contributed by atoms with Crippen LogP contribution in [-0.2, 0) is 6.54 Å². The van der Waals surface area contributed by atoms with Gasteiger partial charge in [0.25, 0.3) is 0 Å². The van der Waals surface area contributed by atoms with E-state index in [4.69, 9.17) is 9.15 Å². The molecular weight excluding hydrogens is 226 g/mol. The lowest BCUT2D eigenvalue weighted by atomic mass is 10.1. The molecule has 0 atom stereocenters. The van der Waals surface area contributed by atoms with Gasteiger partial charge in [-0.05, 0) is 31.0 Å². The van der Waals surface area contributed by atoms with Gasteiger partial charge in [0.05, 0.1) is 12.5 Å². The average Bonchev–Trinajstić information content (AvgIpc) is 2.85. The van der Waals surface area contributed by atoms with E-state index in [1.165, 1.54) is 11.1 Å². The summed E-state index contributed by atoms with van der Waals surface area (Å²) in [7, 11) is 0. The molecule has 0 fully saturated rings. The van der Waals surface area contributed by atoms with Crippen LogP contribution in [0.2, 0.25) is 0 Å². The molecule has 1 aromatic carbocycles. The van der Waals surface area contributed by atoms with Crippen LogP contribution in [0.5, 0.6) is 5.75 Å². The van der Waals surface area contributed by atoms with E-state index in [1.54, 1.807) is 12.5 Å². The largest absolute Gasteiger partial charge is 0.492 e. The first-order valence-corrected chi connectivity index (χ1v) is 6.18. The Morgan fingerprint density at radius 2 is 1.94 bits per heavy atom. The fourth-order valence-electron chi connectivity index (χ4n) is 1.88. The molecule has 0 aliphatic heterocycles. The Kier molecular flexibility index (Phi) is 4.42. The van der Waals surface area contributed by atoms with Crippen molar-refractivity contribution in [3.8, 4) is 5.75 Å². The Morgan fingerprint density at radius 1 is 1.17 bits per heavy atom. The topological polar surface area (TPSA) is 34.4 Å². The predicted molar refractivity (Wildman–Crippen MR) is 71.8 cm³/mol. The maximum Gasteiger partial charge on any atom is 0.125 e. The lowest BCUT2D eigenvalue weighted by Gasteiger charge is -2.12. The summed E-state index contributed by atoms with van der Waals surface area (Å²) in [5.41, 5.74) is 3.52. The molecule has 0 aliphatic carbocycles. The molecule has 96 valence electrons. The van der Waals surface area contributed by atoms with E-state index in [0.29, 0.717) is 6.61 Å². The minimum absolute atomic E-state index is 0.670. The van der Waals surface area contributed by atoms with Crippen LogP contribution in [0, 0.1) is 13.8 Å². The normalized spacial score (nSPS) is 10.6. The summed E-state index contributed by atoms with van der Waals surface area (Å²) >= 11 is 0. The van der Waals surface area contributed by atoms with E-state index in [1.807, 2.05) is 6.07 Å². The molecular formula is C15H19NO2. The lowest BCUT2D eigenvalue weighted by molar-refractivity contribution is 0.309. The summed E-state index contributed by atoms with van der Waals surface area (Å²) in [5.74, 6) is 1.00. The lowest BCUT2D eigenvalue weighted by Crippen LogP contribution is -2.20. The number of rotatable bonds is 6. The van der Waals surface area contributed by atoms with Crippen molar-refractivity contribution >= 4 is 0 Å². The van der Waals surface area contributed by atoms with Gasteiger partial charge in [0.1, 0.15) is 12.4 Å². The van der Waals surface area contributed by atoms with Gasteiger partial charge in [0.15, 0.2) is 0 Å². The van der Waals surface area contributed by atoms with Crippen LogP contribution in [-0.4, -0.2) is 13.2 Å². The third-order valence-electron chi connectivity index (χ3n) is 2.84. The second kappa shape index (κ2) is 6.26. The molecule has 1 N–H and O–H groups in total. The van der Waals surface area contributed by atoms with Gasteiger partial charge in [-0.2, -0.15) is 0 Å². The smallest absolute Gasteiger partial charge is 0.125 e. The quantitative estimate of drug-likeness (QED) is 0.794. The fourth-order valence-corrected chi connectivity index (χ4v) is 1.88. The number of hydrogen-bond acceptors (Lipinski definition) is 3. The van der Waals surface area contributed by atoms with E-state index < -0.39 is 0 Å². The number of furan rings is 1. The first kappa shape index (κ1) is 12.7. The Bertz CT molecular complexity index is 457. The number of hydrogen-bond donors (Lipinski definition) is 1. The average molecular weight is 245 g/mol. The number of aryl methyl sites for hydroxylation is 2. The minimum atomic E-state index is 0.670. The maximum atomic E-state index is 5.80. The molecule has 1 aromatic heterocycles. The SMILES string of the molecule is Cc1cccc(C)c1OCCNCc1ccoc1. The zero-order chi connectivity index (χ0) is 12.8. The van der Waals surface area contributed by atoms with Gasteiger partial charge in [-0.1, -0.05) is 18.2 Å². The summed E-state index contributed by atoms with van der Waals surface area (Å²) in [6, 6.07) is 8.15. The van der Waals surface area contributed by atoms with Crippen molar-refractivity contribution in [1.82, 2.24) is 5.32 Å². The molecule has 0 bridgehead atoms. The van der Waals surface area contributed by atoms with Crippen LogP contribution in [0.4, 0.5) is 0 Å². The van der Waals surface area contributed by atoms with E-state index in [2.05, 4.69) is 37.4 Å². The molecule has 2 rings (SSSR count).